The van der Waals surface area contributed by atoms with E-state index in [0.29, 0.717) is 48.5 Å². The molecule has 4 heterocycles. The number of hydrogen-bond acceptors (Lipinski definition) is 8. The van der Waals surface area contributed by atoms with Crippen LogP contribution in [0.25, 0.3) is 28.0 Å². The first-order valence-electron chi connectivity index (χ1n) is 15.9. The lowest BCUT2D eigenvalue weighted by Crippen LogP contribution is -2.40. The van der Waals surface area contributed by atoms with Crippen LogP contribution in [0.5, 0.6) is 0 Å². The molecule has 3 aromatic heterocycles. The summed E-state index contributed by atoms with van der Waals surface area (Å²) >= 11 is 0. The lowest BCUT2D eigenvalue weighted by atomic mass is 10.00. The number of halogens is 2. The van der Waals surface area contributed by atoms with E-state index >= 15 is 8.78 Å². The average molecular weight is 633 g/mol. The van der Waals surface area contributed by atoms with Crippen LogP contribution in [0, 0.1) is 11.6 Å². The van der Waals surface area contributed by atoms with E-state index in [4.69, 9.17) is 15.5 Å². The number of aryl methyl sites for hydroxylation is 1. The van der Waals surface area contributed by atoms with Gasteiger partial charge in [-0.1, -0.05) is 19.9 Å². The van der Waals surface area contributed by atoms with Gasteiger partial charge in [-0.05, 0) is 102 Å². The largest absolute Gasteiger partial charge is 0.456 e. The molecule has 0 bridgehead atoms. The van der Waals surface area contributed by atoms with E-state index < -0.39 is 34.6 Å². The van der Waals surface area contributed by atoms with Crippen molar-refractivity contribution in [1.29, 1.82) is 0 Å². The summed E-state index contributed by atoms with van der Waals surface area (Å²) in [6.45, 7) is 12.1. The topological polar surface area (TPSA) is 116 Å². The first kappa shape index (κ1) is 33.1. The minimum absolute atomic E-state index is 0.0532. The summed E-state index contributed by atoms with van der Waals surface area (Å²) in [5.41, 5.74) is 5.45. The van der Waals surface area contributed by atoms with E-state index in [-0.39, 0.29) is 28.7 Å². The number of hydrogen-bond donors (Lipinski definition) is 1. The lowest BCUT2D eigenvalue weighted by molar-refractivity contribution is 0.00699. The number of carbonyl (C=O) groups excluding carboxylic acids is 1. The third-order valence-corrected chi connectivity index (χ3v) is 8.20. The first-order chi connectivity index (χ1) is 21.8. The molecule has 5 rings (SSSR count). The monoisotopic (exact) mass is 632 g/mol. The molecule has 1 aromatic carbocycles. The van der Waals surface area contributed by atoms with Crippen molar-refractivity contribution >= 4 is 22.8 Å². The molecule has 1 fully saturated rings. The van der Waals surface area contributed by atoms with Crippen LogP contribution in [0.3, 0.4) is 0 Å². The van der Waals surface area contributed by atoms with Gasteiger partial charge in [0.05, 0.1) is 27.9 Å². The maximum absolute atomic E-state index is 16.4. The van der Waals surface area contributed by atoms with Crippen molar-refractivity contribution in [3.05, 3.63) is 75.5 Å². The average Bonchev–Trinajstić information content (AvgIpc) is 2.99. The van der Waals surface area contributed by atoms with Gasteiger partial charge >= 0.3 is 11.7 Å². The molecule has 0 saturated carbocycles. The number of piperidine rings is 1. The van der Waals surface area contributed by atoms with E-state index in [1.165, 1.54) is 22.8 Å². The zero-order chi connectivity index (χ0) is 33.3. The Morgan fingerprint density at radius 3 is 2.57 bits per heavy atom. The number of aromatic nitrogens is 4. The highest BCUT2D eigenvalue weighted by Crippen LogP contribution is 2.36. The van der Waals surface area contributed by atoms with Gasteiger partial charge in [-0.15, -0.1) is 0 Å². The molecule has 4 aromatic rings. The Hall–Kier alpha value is -4.25. The Morgan fingerprint density at radius 2 is 1.89 bits per heavy atom. The molecule has 46 heavy (non-hydrogen) atoms. The quantitative estimate of drug-likeness (QED) is 0.220. The second-order valence-corrected chi connectivity index (χ2v) is 13.2. The first-order valence-corrected chi connectivity index (χ1v) is 15.9. The molecular formula is C35H42F2N6O3. The van der Waals surface area contributed by atoms with Crippen molar-refractivity contribution in [3.8, 4) is 16.9 Å². The summed E-state index contributed by atoms with van der Waals surface area (Å²) in [5.74, 6) is -2.31. The van der Waals surface area contributed by atoms with Gasteiger partial charge in [-0.3, -0.25) is 4.98 Å². The fraction of sp³-hybridized carbons (Fsp3) is 0.457. The van der Waals surface area contributed by atoms with Gasteiger partial charge in [0, 0.05) is 18.8 Å². The van der Waals surface area contributed by atoms with Gasteiger partial charge in [-0.2, -0.15) is 4.98 Å². The molecular weight excluding hydrogens is 590 g/mol. The van der Waals surface area contributed by atoms with Crippen LogP contribution in [-0.2, 0) is 11.2 Å². The fourth-order valence-electron chi connectivity index (χ4n) is 6.07. The maximum Gasteiger partial charge on any atom is 0.355 e. The number of anilines is 1. The number of esters is 1. The number of ether oxygens (including phenoxy) is 1. The Bertz CT molecular complexity index is 1830. The Balaban J connectivity index is 1.89. The number of rotatable bonds is 8. The summed E-state index contributed by atoms with van der Waals surface area (Å²) in [6, 6.07) is 7.00. The van der Waals surface area contributed by atoms with Crippen molar-refractivity contribution < 1.29 is 18.3 Å². The minimum atomic E-state index is -0.879. The molecule has 244 valence electrons. The van der Waals surface area contributed by atoms with E-state index in [1.807, 2.05) is 31.7 Å². The second kappa shape index (κ2) is 13.2. The minimum Gasteiger partial charge on any atom is -0.456 e. The van der Waals surface area contributed by atoms with E-state index in [1.54, 1.807) is 27.0 Å². The third-order valence-electron chi connectivity index (χ3n) is 8.20. The molecule has 9 nitrogen and oxygen atoms in total. The van der Waals surface area contributed by atoms with Crippen LogP contribution in [-0.4, -0.2) is 50.2 Å². The lowest BCUT2D eigenvalue weighted by Gasteiger charge is -2.35. The fourth-order valence-corrected chi connectivity index (χ4v) is 6.07. The smallest absolute Gasteiger partial charge is 0.355 e. The Labute approximate surface area is 267 Å². The Kier molecular flexibility index (Phi) is 9.53. The molecule has 0 amide bonds. The highest BCUT2D eigenvalue weighted by molar-refractivity contribution is 5.98. The maximum atomic E-state index is 16.4. The van der Waals surface area contributed by atoms with Crippen molar-refractivity contribution in [2.24, 2.45) is 5.73 Å². The van der Waals surface area contributed by atoms with Gasteiger partial charge in [0.25, 0.3) is 0 Å². The van der Waals surface area contributed by atoms with Gasteiger partial charge < -0.3 is 15.4 Å². The van der Waals surface area contributed by atoms with Crippen LogP contribution in [0.15, 0.2) is 41.3 Å². The second-order valence-electron chi connectivity index (χ2n) is 13.2. The van der Waals surface area contributed by atoms with Crippen molar-refractivity contribution in [3.63, 3.8) is 0 Å². The number of pyridine rings is 2. The predicted molar refractivity (Wildman–Crippen MR) is 176 cm³/mol. The number of fused-ring (bicyclic) bond motifs is 1. The van der Waals surface area contributed by atoms with E-state index in [0.717, 1.165) is 30.9 Å². The number of nitrogens with two attached hydrogens (primary N) is 1. The summed E-state index contributed by atoms with van der Waals surface area (Å²) in [7, 11) is 0. The van der Waals surface area contributed by atoms with Crippen LogP contribution in [0.4, 0.5) is 14.6 Å². The SMILES string of the molecule is CC(C)c1nccc(CCCN)c1-n1c(=O)nc(N2CCCC[C@@H]2C)c2cc(F)c(-c3c(F)cccc3C(=O)OC(C)(C)C)nc21. The molecule has 1 aliphatic heterocycles. The third kappa shape index (κ3) is 6.51. The zero-order valence-corrected chi connectivity index (χ0v) is 27.4. The van der Waals surface area contributed by atoms with Gasteiger partial charge in [0.1, 0.15) is 22.9 Å². The normalized spacial score (nSPS) is 15.5. The van der Waals surface area contributed by atoms with E-state index in [2.05, 4.69) is 9.97 Å². The number of carbonyl (C=O) groups is 1. The molecule has 2 N–H and O–H groups in total. The summed E-state index contributed by atoms with van der Waals surface area (Å²) in [4.78, 5) is 43.4. The van der Waals surface area contributed by atoms with Crippen LogP contribution in [0.1, 0.15) is 94.8 Å². The number of benzene rings is 1. The standard InChI is InChI=1S/C35H42F2N6O3/c1-20(2)28-30(22(12-10-16-38)15-17-39-28)43-32-24(31(41-34(43)45)42-18-8-7-11-21(42)3)19-26(37)29(40-32)27-23(13-9-14-25(27)36)33(44)46-35(4,5)6/h9,13-15,17,19-21H,7-8,10-12,16,18,38H2,1-6H3/t21-/m0/s1. The van der Waals surface area contributed by atoms with Crippen LogP contribution in [0.2, 0.25) is 0 Å². The molecule has 1 atom stereocenters. The summed E-state index contributed by atoms with van der Waals surface area (Å²) in [5, 5.41) is 0.299. The molecule has 1 saturated heterocycles. The summed E-state index contributed by atoms with van der Waals surface area (Å²) in [6.07, 6.45) is 5.71. The van der Waals surface area contributed by atoms with E-state index in [9.17, 15) is 9.59 Å². The van der Waals surface area contributed by atoms with Gasteiger partial charge in [-0.25, -0.2) is 27.9 Å². The summed E-state index contributed by atoms with van der Waals surface area (Å²) < 4.78 is 38.9. The molecule has 0 unspecified atom stereocenters. The molecule has 0 radical (unpaired) electrons. The van der Waals surface area contributed by atoms with Crippen LogP contribution < -0.4 is 16.3 Å². The van der Waals surface area contributed by atoms with Gasteiger partial charge in [0.15, 0.2) is 11.5 Å². The van der Waals surface area contributed by atoms with Crippen molar-refractivity contribution in [2.45, 2.75) is 91.2 Å². The predicted octanol–water partition coefficient (Wildman–Crippen LogP) is 6.47. The molecule has 1 aliphatic rings. The van der Waals surface area contributed by atoms with Crippen molar-refractivity contribution in [1.82, 2.24) is 19.5 Å². The zero-order valence-electron chi connectivity index (χ0n) is 27.4. The van der Waals surface area contributed by atoms with Gasteiger partial charge in [0.2, 0.25) is 0 Å². The molecule has 0 aliphatic carbocycles. The highest BCUT2D eigenvalue weighted by atomic mass is 19.1. The Morgan fingerprint density at radius 1 is 1.13 bits per heavy atom. The molecule has 0 spiro atoms. The van der Waals surface area contributed by atoms with Crippen molar-refractivity contribution in [2.75, 3.05) is 18.0 Å². The van der Waals surface area contributed by atoms with Crippen LogP contribution >= 0.6 is 0 Å². The molecule has 11 heteroatoms. The highest BCUT2D eigenvalue weighted by Gasteiger charge is 2.30. The number of nitrogens with zero attached hydrogens (tertiary/aromatic N) is 5.